The fraction of sp³-hybridized carbons (Fsp3) is 0.643. The molecule has 0 radical (unpaired) electrons. The summed E-state index contributed by atoms with van der Waals surface area (Å²) in [7, 11) is 0. The molecule has 0 bridgehead atoms. The molecule has 1 aliphatic carbocycles. The van der Waals surface area contributed by atoms with Crippen LogP contribution in [0.4, 0.5) is 0 Å². The van der Waals surface area contributed by atoms with Gasteiger partial charge in [-0.3, -0.25) is 9.59 Å². The maximum absolute atomic E-state index is 11.8. The van der Waals surface area contributed by atoms with E-state index in [1.807, 2.05) is 5.38 Å². The number of thiazole rings is 1. The number of ether oxygens (including phenoxy) is 1. The lowest BCUT2D eigenvalue weighted by molar-refractivity contribution is -0.142. The highest BCUT2D eigenvalue weighted by atomic mass is 32.2. The molecule has 116 valence electrons. The fourth-order valence-corrected chi connectivity index (χ4v) is 3.59. The summed E-state index contributed by atoms with van der Waals surface area (Å²) in [5.74, 6) is 0.801. The summed E-state index contributed by atoms with van der Waals surface area (Å²) < 4.78 is 5.69. The molecule has 5 nitrogen and oxygen atoms in total. The number of thioether (sulfide) groups is 1. The van der Waals surface area contributed by atoms with Crippen molar-refractivity contribution < 1.29 is 14.3 Å². The molecule has 1 saturated carbocycles. The maximum Gasteiger partial charge on any atom is 0.311 e. The van der Waals surface area contributed by atoms with E-state index in [1.54, 1.807) is 6.92 Å². The molecule has 1 heterocycles. The molecule has 2 rings (SSSR count). The van der Waals surface area contributed by atoms with Gasteiger partial charge in [0, 0.05) is 11.4 Å². The third-order valence-electron chi connectivity index (χ3n) is 3.21. The highest BCUT2D eigenvalue weighted by Gasteiger charge is 2.28. The molecule has 1 fully saturated rings. The Balaban J connectivity index is 1.71. The Hall–Kier alpha value is -1.08. The number of nitrogens with zero attached hydrogens (tertiary/aromatic N) is 1. The zero-order valence-electron chi connectivity index (χ0n) is 12.3. The largest absolute Gasteiger partial charge is 0.466 e. The quantitative estimate of drug-likeness (QED) is 0.585. The third kappa shape index (κ3) is 5.67. The molecule has 0 aliphatic heterocycles. The highest BCUT2D eigenvalue weighted by Crippen LogP contribution is 2.32. The summed E-state index contributed by atoms with van der Waals surface area (Å²) in [6.07, 6.45) is 2.63. The number of rotatable bonds is 8. The van der Waals surface area contributed by atoms with Crippen LogP contribution in [0, 0.1) is 5.92 Å². The molecule has 1 aromatic rings. The van der Waals surface area contributed by atoms with Crippen LogP contribution in [0.3, 0.4) is 0 Å². The Morgan fingerprint density at radius 3 is 3.00 bits per heavy atom. The highest BCUT2D eigenvalue weighted by molar-refractivity contribution is 8.01. The number of hydrogen-bond acceptors (Lipinski definition) is 6. The number of aromatic nitrogens is 1. The summed E-state index contributed by atoms with van der Waals surface area (Å²) >= 11 is 2.86. The van der Waals surface area contributed by atoms with Crippen LogP contribution < -0.4 is 5.32 Å². The number of esters is 1. The summed E-state index contributed by atoms with van der Waals surface area (Å²) in [4.78, 5) is 27.5. The minimum Gasteiger partial charge on any atom is -0.466 e. The van der Waals surface area contributed by atoms with Gasteiger partial charge in [0.2, 0.25) is 5.91 Å². The molecule has 7 heteroatoms. The van der Waals surface area contributed by atoms with Crippen LogP contribution >= 0.6 is 23.1 Å². The van der Waals surface area contributed by atoms with Crippen LogP contribution in [0.25, 0.3) is 0 Å². The Bertz CT molecular complexity index is 500. The molecule has 1 atom stereocenters. The van der Waals surface area contributed by atoms with Gasteiger partial charge in [0.05, 0.1) is 24.5 Å². The normalized spacial score (nSPS) is 15.5. The van der Waals surface area contributed by atoms with Gasteiger partial charge in [-0.05, 0) is 32.6 Å². The van der Waals surface area contributed by atoms with E-state index in [-0.39, 0.29) is 24.3 Å². The third-order valence-corrected chi connectivity index (χ3v) is 5.28. The van der Waals surface area contributed by atoms with Crippen molar-refractivity contribution in [1.29, 1.82) is 0 Å². The topological polar surface area (TPSA) is 68.3 Å². The Labute approximate surface area is 132 Å². The average molecular weight is 328 g/mol. The molecule has 1 aromatic heterocycles. The molecule has 0 saturated heterocycles. The van der Waals surface area contributed by atoms with E-state index in [0.29, 0.717) is 24.0 Å². The van der Waals surface area contributed by atoms with Gasteiger partial charge >= 0.3 is 5.97 Å². The Morgan fingerprint density at radius 1 is 1.57 bits per heavy atom. The second-order valence-corrected chi connectivity index (χ2v) is 7.15. The maximum atomic E-state index is 11.8. The first-order valence-electron chi connectivity index (χ1n) is 7.10. The monoisotopic (exact) mass is 328 g/mol. The molecule has 1 N–H and O–H groups in total. The predicted molar refractivity (Wildman–Crippen MR) is 83.5 cm³/mol. The van der Waals surface area contributed by atoms with Crippen molar-refractivity contribution in [1.82, 2.24) is 10.3 Å². The van der Waals surface area contributed by atoms with Crippen LogP contribution in [0.15, 0.2) is 9.72 Å². The van der Waals surface area contributed by atoms with E-state index in [2.05, 4.69) is 17.2 Å². The lowest BCUT2D eigenvalue weighted by Crippen LogP contribution is -2.35. The second-order valence-electron chi connectivity index (χ2n) is 5.07. The first kappa shape index (κ1) is 16.3. The number of carbonyl (C=O) groups excluding carboxylic acids is 2. The first-order valence-corrected chi connectivity index (χ1v) is 8.97. The van der Waals surface area contributed by atoms with Crippen molar-refractivity contribution in [3.63, 3.8) is 0 Å². The van der Waals surface area contributed by atoms with Gasteiger partial charge in [-0.25, -0.2) is 4.98 Å². The van der Waals surface area contributed by atoms with Crippen LogP contribution in [0.1, 0.15) is 32.4 Å². The van der Waals surface area contributed by atoms with Gasteiger partial charge in [0.1, 0.15) is 0 Å². The van der Waals surface area contributed by atoms with E-state index in [9.17, 15) is 9.59 Å². The van der Waals surface area contributed by atoms with Gasteiger partial charge in [-0.2, -0.15) is 0 Å². The first-order chi connectivity index (χ1) is 10.1. The molecule has 1 aliphatic rings. The van der Waals surface area contributed by atoms with E-state index in [4.69, 9.17) is 4.74 Å². The van der Waals surface area contributed by atoms with Crippen molar-refractivity contribution in [2.75, 3.05) is 12.4 Å². The summed E-state index contributed by atoms with van der Waals surface area (Å²) in [6, 6.07) is 0.272. The molecule has 1 amide bonds. The Kier molecular flexibility index (Phi) is 6.05. The number of carbonyl (C=O) groups is 2. The minimum absolute atomic E-state index is 0.0431. The van der Waals surface area contributed by atoms with Gasteiger partial charge in [-0.1, -0.05) is 11.8 Å². The average Bonchev–Trinajstić information content (AvgIpc) is 3.19. The van der Waals surface area contributed by atoms with Crippen molar-refractivity contribution >= 4 is 35.0 Å². The van der Waals surface area contributed by atoms with Crippen molar-refractivity contribution in [3.8, 4) is 0 Å². The molecular formula is C14H20N2O3S2. The molecule has 21 heavy (non-hydrogen) atoms. The summed E-state index contributed by atoms with van der Waals surface area (Å²) in [5.41, 5.74) is 0.702. The van der Waals surface area contributed by atoms with E-state index < -0.39 is 0 Å². The number of nitrogens with one attached hydrogen (secondary N) is 1. The van der Waals surface area contributed by atoms with Crippen LogP contribution in [0.2, 0.25) is 0 Å². The fourth-order valence-electron chi connectivity index (χ4n) is 1.93. The SMILES string of the molecule is CCOC(=O)Cc1csc(SCC(=O)N[C@H](C)C2CC2)n1. The summed E-state index contributed by atoms with van der Waals surface area (Å²) in [6.45, 7) is 4.21. The number of amides is 1. The van der Waals surface area contributed by atoms with Gasteiger partial charge in [0.25, 0.3) is 0 Å². The zero-order valence-corrected chi connectivity index (χ0v) is 13.9. The molecular weight excluding hydrogens is 308 g/mol. The van der Waals surface area contributed by atoms with E-state index >= 15 is 0 Å². The molecule has 0 unspecified atom stereocenters. The van der Waals surface area contributed by atoms with Gasteiger partial charge < -0.3 is 10.1 Å². The van der Waals surface area contributed by atoms with Crippen molar-refractivity contribution in [2.45, 2.75) is 43.5 Å². The van der Waals surface area contributed by atoms with Gasteiger partial charge in [0.15, 0.2) is 4.34 Å². The van der Waals surface area contributed by atoms with E-state index in [1.165, 1.54) is 35.9 Å². The van der Waals surface area contributed by atoms with E-state index in [0.717, 1.165) is 4.34 Å². The predicted octanol–water partition coefficient (Wildman–Crippen LogP) is 2.26. The molecule has 0 aromatic carbocycles. The lowest BCUT2D eigenvalue weighted by Gasteiger charge is -2.11. The number of hydrogen-bond donors (Lipinski definition) is 1. The lowest BCUT2D eigenvalue weighted by atomic mass is 10.2. The van der Waals surface area contributed by atoms with Crippen LogP contribution in [0.5, 0.6) is 0 Å². The Morgan fingerprint density at radius 2 is 2.33 bits per heavy atom. The van der Waals surface area contributed by atoms with Crippen LogP contribution in [-0.4, -0.2) is 35.3 Å². The summed E-state index contributed by atoms with van der Waals surface area (Å²) in [5, 5.41) is 4.85. The minimum atomic E-state index is -0.268. The smallest absolute Gasteiger partial charge is 0.311 e. The molecule has 0 spiro atoms. The van der Waals surface area contributed by atoms with Gasteiger partial charge in [-0.15, -0.1) is 11.3 Å². The standard InChI is InChI=1S/C14H20N2O3S2/c1-3-19-13(18)6-11-7-20-14(16-11)21-8-12(17)15-9(2)10-4-5-10/h7,9-10H,3-6,8H2,1-2H3,(H,15,17)/t9-/m1/s1. The van der Waals surface area contributed by atoms with Crippen LogP contribution in [-0.2, 0) is 20.7 Å². The van der Waals surface area contributed by atoms with Crippen molar-refractivity contribution in [2.24, 2.45) is 5.92 Å². The van der Waals surface area contributed by atoms with Crippen molar-refractivity contribution in [3.05, 3.63) is 11.1 Å². The second kappa shape index (κ2) is 7.79. The zero-order chi connectivity index (χ0) is 15.2.